The van der Waals surface area contributed by atoms with Gasteiger partial charge < -0.3 is 15.7 Å². The Morgan fingerprint density at radius 1 is 1.47 bits per heavy atom. The van der Waals surface area contributed by atoms with Crippen molar-refractivity contribution in [2.45, 2.75) is 25.9 Å². The van der Waals surface area contributed by atoms with Crippen LogP contribution in [0.1, 0.15) is 31.4 Å². The van der Waals surface area contributed by atoms with Gasteiger partial charge in [-0.1, -0.05) is 19.4 Å². The van der Waals surface area contributed by atoms with Crippen molar-refractivity contribution >= 4 is 5.69 Å². The Labute approximate surface area is 102 Å². The molecule has 0 aromatic heterocycles. The van der Waals surface area contributed by atoms with Crippen molar-refractivity contribution < 1.29 is 9.50 Å². The molecule has 0 aliphatic rings. The number of anilines is 1. The van der Waals surface area contributed by atoms with Crippen molar-refractivity contribution in [1.29, 1.82) is 0 Å². The van der Waals surface area contributed by atoms with E-state index < -0.39 is 11.9 Å². The first-order valence-electron chi connectivity index (χ1n) is 5.96. The molecule has 0 aliphatic carbocycles. The molecule has 0 spiro atoms. The van der Waals surface area contributed by atoms with Gasteiger partial charge in [-0.2, -0.15) is 0 Å². The van der Waals surface area contributed by atoms with Gasteiger partial charge in [-0.25, -0.2) is 4.39 Å². The Morgan fingerprint density at radius 2 is 2.18 bits per heavy atom. The summed E-state index contributed by atoms with van der Waals surface area (Å²) in [6.07, 6.45) is 1.61. The van der Waals surface area contributed by atoms with Crippen molar-refractivity contribution in [2.24, 2.45) is 0 Å². The number of aliphatic hydroxyl groups is 1. The van der Waals surface area contributed by atoms with Gasteiger partial charge in [-0.3, -0.25) is 0 Å². The predicted octanol–water partition coefficient (Wildman–Crippen LogP) is 2.17. The number of aliphatic hydroxyl groups excluding tert-OH is 1. The Morgan fingerprint density at radius 3 is 2.76 bits per heavy atom. The Balaban J connectivity index is 2.57. The number of hydrogen-bond donors (Lipinski definition) is 2. The summed E-state index contributed by atoms with van der Waals surface area (Å²) in [7, 11) is 1.96. The number of halogens is 1. The summed E-state index contributed by atoms with van der Waals surface area (Å²) in [5.41, 5.74) is 6.21. The SMILES string of the molecule is CCCCN(C)CC(O)c1ccc(F)c(N)c1. The molecule has 0 saturated carbocycles. The van der Waals surface area contributed by atoms with E-state index in [1.165, 1.54) is 12.1 Å². The molecule has 3 N–H and O–H groups in total. The summed E-state index contributed by atoms with van der Waals surface area (Å²) in [5, 5.41) is 9.99. The van der Waals surface area contributed by atoms with Crippen LogP contribution in [0.25, 0.3) is 0 Å². The van der Waals surface area contributed by atoms with Gasteiger partial charge in [0.15, 0.2) is 0 Å². The molecule has 4 heteroatoms. The van der Waals surface area contributed by atoms with Crippen molar-refractivity contribution in [2.75, 3.05) is 25.9 Å². The van der Waals surface area contributed by atoms with Crippen LogP contribution in [-0.4, -0.2) is 30.1 Å². The van der Waals surface area contributed by atoms with E-state index in [1.807, 2.05) is 7.05 Å². The van der Waals surface area contributed by atoms with Gasteiger partial charge in [-0.15, -0.1) is 0 Å². The fraction of sp³-hybridized carbons (Fsp3) is 0.538. The minimum atomic E-state index is -0.625. The second-order valence-electron chi connectivity index (χ2n) is 4.41. The van der Waals surface area contributed by atoms with Crippen LogP contribution >= 0.6 is 0 Å². The zero-order valence-corrected chi connectivity index (χ0v) is 10.5. The zero-order chi connectivity index (χ0) is 12.8. The quantitative estimate of drug-likeness (QED) is 0.749. The van der Waals surface area contributed by atoms with E-state index in [4.69, 9.17) is 5.73 Å². The first-order valence-corrected chi connectivity index (χ1v) is 5.96. The summed E-state index contributed by atoms with van der Waals surface area (Å²) >= 11 is 0. The van der Waals surface area contributed by atoms with Gasteiger partial charge in [0, 0.05) is 6.54 Å². The monoisotopic (exact) mass is 240 g/mol. The second-order valence-corrected chi connectivity index (χ2v) is 4.41. The first-order chi connectivity index (χ1) is 8.04. The Kier molecular flexibility index (Phi) is 5.38. The van der Waals surface area contributed by atoms with E-state index in [-0.39, 0.29) is 5.69 Å². The maximum atomic E-state index is 13.0. The minimum Gasteiger partial charge on any atom is -0.396 e. The summed E-state index contributed by atoms with van der Waals surface area (Å²) in [6.45, 7) is 3.61. The molecule has 96 valence electrons. The molecular formula is C13H21FN2O. The molecule has 0 amide bonds. The van der Waals surface area contributed by atoms with Crippen LogP contribution in [-0.2, 0) is 0 Å². The van der Waals surface area contributed by atoms with Gasteiger partial charge >= 0.3 is 0 Å². The number of nitrogen functional groups attached to an aromatic ring is 1. The highest BCUT2D eigenvalue weighted by atomic mass is 19.1. The lowest BCUT2D eigenvalue weighted by Crippen LogP contribution is -2.25. The standard InChI is InChI=1S/C13H21FN2O/c1-3-4-7-16(2)9-13(17)10-5-6-11(14)12(15)8-10/h5-6,8,13,17H,3-4,7,9,15H2,1-2H3. The molecule has 3 nitrogen and oxygen atoms in total. The fourth-order valence-corrected chi connectivity index (χ4v) is 1.69. The van der Waals surface area contributed by atoms with Gasteiger partial charge in [0.25, 0.3) is 0 Å². The normalized spacial score (nSPS) is 13.0. The van der Waals surface area contributed by atoms with Crippen LogP contribution in [0.5, 0.6) is 0 Å². The molecule has 1 rings (SSSR count). The topological polar surface area (TPSA) is 49.5 Å². The summed E-state index contributed by atoms with van der Waals surface area (Å²) in [4.78, 5) is 2.06. The van der Waals surface area contributed by atoms with Crippen LogP contribution in [0, 0.1) is 5.82 Å². The number of nitrogens with zero attached hydrogens (tertiary/aromatic N) is 1. The molecule has 0 bridgehead atoms. The lowest BCUT2D eigenvalue weighted by Gasteiger charge is -2.20. The highest BCUT2D eigenvalue weighted by Gasteiger charge is 2.11. The lowest BCUT2D eigenvalue weighted by molar-refractivity contribution is 0.126. The average Bonchev–Trinajstić information content (AvgIpc) is 2.30. The maximum absolute atomic E-state index is 13.0. The molecule has 0 saturated heterocycles. The molecular weight excluding hydrogens is 219 g/mol. The third-order valence-corrected chi connectivity index (χ3v) is 2.78. The number of unbranched alkanes of at least 4 members (excludes halogenated alkanes) is 1. The molecule has 1 aromatic rings. The van der Waals surface area contributed by atoms with Crippen LogP contribution in [0.3, 0.4) is 0 Å². The van der Waals surface area contributed by atoms with Crippen LogP contribution in [0.2, 0.25) is 0 Å². The summed E-state index contributed by atoms with van der Waals surface area (Å²) < 4.78 is 13.0. The molecule has 0 heterocycles. The van der Waals surface area contributed by atoms with E-state index in [1.54, 1.807) is 6.07 Å². The van der Waals surface area contributed by atoms with Crippen molar-refractivity contribution in [1.82, 2.24) is 4.90 Å². The highest BCUT2D eigenvalue weighted by Crippen LogP contribution is 2.19. The number of nitrogens with two attached hydrogens (primary N) is 1. The Hall–Kier alpha value is -1.13. The molecule has 0 radical (unpaired) electrons. The molecule has 17 heavy (non-hydrogen) atoms. The van der Waals surface area contributed by atoms with Crippen molar-refractivity contribution in [3.8, 4) is 0 Å². The highest BCUT2D eigenvalue weighted by molar-refractivity contribution is 5.43. The van der Waals surface area contributed by atoms with E-state index >= 15 is 0 Å². The third-order valence-electron chi connectivity index (χ3n) is 2.78. The van der Waals surface area contributed by atoms with E-state index in [9.17, 15) is 9.50 Å². The predicted molar refractivity (Wildman–Crippen MR) is 68.2 cm³/mol. The Bertz CT molecular complexity index is 357. The van der Waals surface area contributed by atoms with Gasteiger partial charge in [-0.05, 0) is 37.7 Å². The van der Waals surface area contributed by atoms with Crippen LogP contribution in [0.15, 0.2) is 18.2 Å². The number of rotatable bonds is 6. The first kappa shape index (κ1) is 13.9. The minimum absolute atomic E-state index is 0.0813. The third kappa shape index (κ3) is 4.32. The molecule has 1 aromatic carbocycles. The van der Waals surface area contributed by atoms with Crippen LogP contribution in [0.4, 0.5) is 10.1 Å². The number of benzene rings is 1. The van der Waals surface area contributed by atoms with Crippen molar-refractivity contribution in [3.05, 3.63) is 29.6 Å². The largest absolute Gasteiger partial charge is 0.396 e. The van der Waals surface area contributed by atoms with Crippen LogP contribution < -0.4 is 5.73 Å². The van der Waals surface area contributed by atoms with E-state index in [0.29, 0.717) is 12.1 Å². The summed E-state index contributed by atoms with van der Waals surface area (Å²) in [6, 6.07) is 4.36. The molecule has 1 unspecified atom stereocenters. The van der Waals surface area contributed by atoms with E-state index in [2.05, 4.69) is 11.8 Å². The number of hydrogen-bond acceptors (Lipinski definition) is 3. The maximum Gasteiger partial charge on any atom is 0.146 e. The van der Waals surface area contributed by atoms with Crippen molar-refractivity contribution in [3.63, 3.8) is 0 Å². The molecule has 0 aliphatic heterocycles. The molecule has 0 fully saturated rings. The molecule has 1 atom stereocenters. The van der Waals surface area contributed by atoms with Gasteiger partial charge in [0.2, 0.25) is 0 Å². The van der Waals surface area contributed by atoms with Gasteiger partial charge in [0.05, 0.1) is 11.8 Å². The summed E-state index contributed by atoms with van der Waals surface area (Å²) in [5.74, 6) is -0.444. The van der Waals surface area contributed by atoms with Gasteiger partial charge in [0.1, 0.15) is 5.82 Å². The lowest BCUT2D eigenvalue weighted by atomic mass is 10.1. The smallest absolute Gasteiger partial charge is 0.146 e. The van der Waals surface area contributed by atoms with E-state index in [0.717, 1.165) is 19.4 Å². The average molecular weight is 240 g/mol. The second kappa shape index (κ2) is 6.57. The number of likely N-dealkylation sites (N-methyl/N-ethyl adjacent to an activating group) is 1. The fourth-order valence-electron chi connectivity index (χ4n) is 1.69. The zero-order valence-electron chi connectivity index (χ0n) is 10.5.